The molecule has 2 aromatic rings. The van der Waals surface area contributed by atoms with Crippen molar-refractivity contribution in [2.45, 2.75) is 50.6 Å². The second-order valence-electron chi connectivity index (χ2n) is 7.02. The van der Waals surface area contributed by atoms with Gasteiger partial charge in [0.25, 0.3) is 0 Å². The Hall–Kier alpha value is -2.16. The van der Waals surface area contributed by atoms with Crippen molar-refractivity contribution in [1.29, 1.82) is 0 Å². The number of aryl methyl sites for hydroxylation is 1. The Balaban J connectivity index is 1.46. The summed E-state index contributed by atoms with van der Waals surface area (Å²) in [5.41, 5.74) is 3.75. The Kier molecular flexibility index (Phi) is 4.09. The fourth-order valence-corrected chi connectivity index (χ4v) is 3.78. The van der Waals surface area contributed by atoms with E-state index in [4.69, 9.17) is 0 Å². The molecule has 0 spiro atoms. The predicted molar refractivity (Wildman–Crippen MR) is 92.1 cm³/mol. The Labute approximate surface area is 142 Å². The molecular formula is C21H22FNO. The van der Waals surface area contributed by atoms with Crippen molar-refractivity contribution in [3.05, 3.63) is 71.0 Å². The van der Waals surface area contributed by atoms with E-state index in [2.05, 4.69) is 24.3 Å². The van der Waals surface area contributed by atoms with Crippen LogP contribution in [0.15, 0.2) is 48.5 Å². The van der Waals surface area contributed by atoms with Crippen LogP contribution in [0.2, 0.25) is 0 Å². The van der Waals surface area contributed by atoms with Crippen LogP contribution in [0.5, 0.6) is 0 Å². The topological polar surface area (TPSA) is 20.3 Å². The van der Waals surface area contributed by atoms with Gasteiger partial charge in [-0.1, -0.05) is 36.4 Å². The Morgan fingerprint density at radius 2 is 1.79 bits per heavy atom. The summed E-state index contributed by atoms with van der Waals surface area (Å²) in [6.45, 7) is 0.595. The van der Waals surface area contributed by atoms with Gasteiger partial charge in [0.2, 0.25) is 5.91 Å². The molecule has 124 valence electrons. The third kappa shape index (κ3) is 3.21. The largest absolute Gasteiger partial charge is 0.335 e. The summed E-state index contributed by atoms with van der Waals surface area (Å²) < 4.78 is 13.1. The van der Waals surface area contributed by atoms with E-state index in [-0.39, 0.29) is 11.7 Å². The highest BCUT2D eigenvalue weighted by Crippen LogP contribution is 2.37. The molecule has 24 heavy (non-hydrogen) atoms. The number of hydrogen-bond acceptors (Lipinski definition) is 1. The lowest BCUT2D eigenvalue weighted by Gasteiger charge is -2.24. The quantitative estimate of drug-likeness (QED) is 0.797. The number of amides is 1. The second kappa shape index (κ2) is 6.39. The number of rotatable bonds is 5. The SMILES string of the molecule is O=C(CC1CCc2ccccc21)N(Cc1ccc(F)cc1)C1CC1. The molecule has 2 aliphatic carbocycles. The summed E-state index contributed by atoms with van der Waals surface area (Å²) in [5, 5.41) is 0. The average molecular weight is 323 g/mol. The van der Waals surface area contributed by atoms with Gasteiger partial charge in [-0.25, -0.2) is 4.39 Å². The maximum atomic E-state index is 13.1. The van der Waals surface area contributed by atoms with Crippen molar-refractivity contribution in [3.63, 3.8) is 0 Å². The van der Waals surface area contributed by atoms with Crippen LogP contribution in [0.1, 0.15) is 48.3 Å². The third-order valence-electron chi connectivity index (χ3n) is 5.25. The summed E-state index contributed by atoms with van der Waals surface area (Å²) in [7, 11) is 0. The number of halogens is 1. The van der Waals surface area contributed by atoms with Gasteiger partial charge in [-0.15, -0.1) is 0 Å². The van der Waals surface area contributed by atoms with E-state index in [0.717, 1.165) is 31.2 Å². The number of carbonyl (C=O) groups is 1. The van der Waals surface area contributed by atoms with E-state index in [9.17, 15) is 9.18 Å². The van der Waals surface area contributed by atoms with Crippen LogP contribution in [0.25, 0.3) is 0 Å². The minimum absolute atomic E-state index is 0.231. The number of carbonyl (C=O) groups excluding carboxylic acids is 1. The fraction of sp³-hybridized carbons (Fsp3) is 0.381. The summed E-state index contributed by atoms with van der Waals surface area (Å²) >= 11 is 0. The van der Waals surface area contributed by atoms with Crippen LogP contribution in [-0.4, -0.2) is 16.8 Å². The highest BCUT2D eigenvalue weighted by atomic mass is 19.1. The molecule has 0 bridgehead atoms. The Bertz CT molecular complexity index is 736. The summed E-state index contributed by atoms with van der Waals surface area (Å²) in [6.07, 6.45) is 4.92. The fourth-order valence-electron chi connectivity index (χ4n) is 3.78. The summed E-state index contributed by atoms with van der Waals surface area (Å²) in [6, 6.07) is 15.4. The molecule has 3 heteroatoms. The monoisotopic (exact) mass is 323 g/mol. The molecule has 0 aliphatic heterocycles. The van der Waals surface area contributed by atoms with E-state index in [1.807, 2.05) is 4.90 Å². The Morgan fingerprint density at radius 3 is 2.54 bits per heavy atom. The molecule has 1 unspecified atom stereocenters. The first-order valence-corrected chi connectivity index (χ1v) is 8.82. The molecule has 4 rings (SSSR count). The summed E-state index contributed by atoms with van der Waals surface area (Å²) in [5.74, 6) is 0.359. The second-order valence-corrected chi connectivity index (χ2v) is 7.02. The van der Waals surface area contributed by atoms with Gasteiger partial charge >= 0.3 is 0 Å². The molecule has 0 heterocycles. The van der Waals surface area contributed by atoms with Crippen LogP contribution in [-0.2, 0) is 17.8 Å². The molecule has 0 saturated heterocycles. The molecular weight excluding hydrogens is 301 g/mol. The van der Waals surface area contributed by atoms with Crippen LogP contribution >= 0.6 is 0 Å². The average Bonchev–Trinajstić information content (AvgIpc) is 3.36. The smallest absolute Gasteiger partial charge is 0.223 e. The Morgan fingerprint density at radius 1 is 1.04 bits per heavy atom. The minimum atomic E-state index is -0.231. The number of fused-ring (bicyclic) bond motifs is 1. The maximum Gasteiger partial charge on any atom is 0.223 e. The van der Waals surface area contributed by atoms with Gasteiger partial charge < -0.3 is 4.90 Å². The van der Waals surface area contributed by atoms with Crippen molar-refractivity contribution in [2.75, 3.05) is 0 Å². The minimum Gasteiger partial charge on any atom is -0.335 e. The zero-order valence-electron chi connectivity index (χ0n) is 13.7. The number of hydrogen-bond donors (Lipinski definition) is 0. The van der Waals surface area contributed by atoms with Gasteiger partial charge in [-0.3, -0.25) is 4.79 Å². The van der Waals surface area contributed by atoms with Crippen molar-refractivity contribution in [1.82, 2.24) is 4.90 Å². The first-order valence-electron chi connectivity index (χ1n) is 8.82. The molecule has 0 N–H and O–H groups in total. The van der Waals surface area contributed by atoms with Gasteiger partial charge in [0.15, 0.2) is 0 Å². The zero-order chi connectivity index (χ0) is 16.5. The number of nitrogens with zero attached hydrogens (tertiary/aromatic N) is 1. The molecule has 1 saturated carbocycles. The third-order valence-corrected chi connectivity index (χ3v) is 5.25. The van der Waals surface area contributed by atoms with Crippen molar-refractivity contribution in [3.8, 4) is 0 Å². The molecule has 2 nitrogen and oxygen atoms in total. The molecule has 1 amide bonds. The van der Waals surface area contributed by atoms with Crippen molar-refractivity contribution in [2.24, 2.45) is 0 Å². The molecule has 2 aliphatic rings. The lowest BCUT2D eigenvalue weighted by molar-refractivity contribution is -0.132. The molecule has 1 atom stereocenters. The highest BCUT2D eigenvalue weighted by Gasteiger charge is 2.34. The molecule has 0 radical (unpaired) electrons. The van der Waals surface area contributed by atoms with E-state index < -0.39 is 0 Å². The lowest BCUT2D eigenvalue weighted by Crippen LogP contribution is -2.33. The van der Waals surface area contributed by atoms with Gasteiger partial charge in [-0.05, 0) is 60.4 Å². The van der Waals surface area contributed by atoms with Crippen LogP contribution in [0, 0.1) is 5.82 Å². The first kappa shape index (κ1) is 15.4. The molecule has 1 fully saturated rings. The van der Waals surface area contributed by atoms with Crippen LogP contribution in [0.4, 0.5) is 4.39 Å². The zero-order valence-corrected chi connectivity index (χ0v) is 13.7. The van der Waals surface area contributed by atoms with Gasteiger partial charge in [0.05, 0.1) is 0 Å². The van der Waals surface area contributed by atoms with Crippen LogP contribution in [0.3, 0.4) is 0 Å². The van der Waals surface area contributed by atoms with E-state index in [1.165, 1.54) is 23.3 Å². The van der Waals surface area contributed by atoms with Gasteiger partial charge in [0.1, 0.15) is 5.82 Å². The van der Waals surface area contributed by atoms with E-state index in [0.29, 0.717) is 24.9 Å². The van der Waals surface area contributed by atoms with Crippen molar-refractivity contribution < 1.29 is 9.18 Å². The van der Waals surface area contributed by atoms with E-state index >= 15 is 0 Å². The lowest BCUT2D eigenvalue weighted by atomic mass is 9.97. The van der Waals surface area contributed by atoms with Gasteiger partial charge in [0, 0.05) is 19.0 Å². The number of benzene rings is 2. The van der Waals surface area contributed by atoms with E-state index in [1.54, 1.807) is 12.1 Å². The van der Waals surface area contributed by atoms with Crippen LogP contribution < -0.4 is 0 Å². The van der Waals surface area contributed by atoms with Crippen molar-refractivity contribution >= 4 is 5.91 Å². The normalized spacial score (nSPS) is 19.1. The summed E-state index contributed by atoms with van der Waals surface area (Å²) in [4.78, 5) is 14.9. The van der Waals surface area contributed by atoms with Gasteiger partial charge in [-0.2, -0.15) is 0 Å². The molecule has 0 aromatic heterocycles. The standard InChI is InChI=1S/C21H22FNO/c22-18-9-5-15(6-10-18)14-23(19-11-12-19)21(24)13-17-8-7-16-3-1-2-4-20(16)17/h1-6,9-10,17,19H,7-8,11-14H2. The first-order chi connectivity index (χ1) is 11.7. The maximum absolute atomic E-state index is 13.1. The highest BCUT2D eigenvalue weighted by molar-refractivity contribution is 5.78. The predicted octanol–water partition coefficient (Wildman–Crippen LogP) is 4.44. The molecule has 2 aromatic carbocycles.